The van der Waals surface area contributed by atoms with E-state index in [0.717, 1.165) is 16.4 Å². The van der Waals surface area contributed by atoms with Crippen LogP contribution in [-0.2, 0) is 9.59 Å². The van der Waals surface area contributed by atoms with Crippen LogP contribution < -0.4 is 4.74 Å². The number of ketones is 1. The Balaban J connectivity index is 1.17. The molecule has 4 aliphatic carbocycles. The van der Waals surface area contributed by atoms with Gasteiger partial charge in [0.05, 0.1) is 28.7 Å². The van der Waals surface area contributed by atoms with E-state index in [-0.39, 0.29) is 39.5 Å². The zero-order valence-electron chi connectivity index (χ0n) is 21.8. The number of benzene rings is 2. The van der Waals surface area contributed by atoms with Crippen LogP contribution in [0.25, 0.3) is 0 Å². The van der Waals surface area contributed by atoms with Crippen molar-refractivity contribution in [3.05, 3.63) is 99.9 Å². The average molecular weight is 605 g/mol. The minimum absolute atomic E-state index is 0.00605. The van der Waals surface area contributed by atoms with Crippen molar-refractivity contribution in [2.24, 2.45) is 35.5 Å². The van der Waals surface area contributed by atoms with E-state index in [1.807, 2.05) is 12.2 Å². The van der Waals surface area contributed by atoms with Crippen LogP contribution in [0.15, 0.2) is 77.4 Å². The summed E-state index contributed by atoms with van der Waals surface area (Å²) in [5, 5.41) is 2.08. The van der Waals surface area contributed by atoms with E-state index in [1.54, 1.807) is 6.07 Å². The van der Waals surface area contributed by atoms with Crippen LogP contribution in [0.4, 0.5) is 0 Å². The Kier molecular flexibility index (Phi) is 6.32. The van der Waals surface area contributed by atoms with E-state index in [2.05, 4.69) is 0 Å². The first-order chi connectivity index (χ1) is 20.2. The lowest BCUT2D eigenvalue weighted by Crippen LogP contribution is -2.52. The van der Waals surface area contributed by atoms with Crippen LogP contribution in [-0.4, -0.2) is 46.0 Å². The minimum atomic E-state index is -0.778. The first-order valence-corrected chi connectivity index (χ1v) is 14.2. The van der Waals surface area contributed by atoms with Gasteiger partial charge in [0.15, 0.2) is 5.78 Å². The van der Waals surface area contributed by atoms with E-state index in [9.17, 15) is 24.0 Å². The van der Waals surface area contributed by atoms with E-state index in [1.165, 1.54) is 54.8 Å². The third-order valence-electron chi connectivity index (χ3n) is 8.68. The maximum atomic E-state index is 13.9. The molecule has 1 aromatic heterocycles. The first-order valence-electron chi connectivity index (χ1n) is 13.4. The molecule has 0 spiro atoms. The Hall–Kier alpha value is -4.21. The molecule has 6 atom stereocenters. The number of hydrogen-bond acceptors (Lipinski definition) is 7. The number of hydrogen-bond donors (Lipinski definition) is 0. The van der Waals surface area contributed by atoms with Gasteiger partial charge in [0, 0.05) is 10.6 Å². The Labute approximate surface area is 249 Å². The molecule has 11 heteroatoms. The Morgan fingerprint density at radius 1 is 0.929 bits per heavy atom. The monoisotopic (exact) mass is 604 g/mol. The van der Waals surface area contributed by atoms with Crippen molar-refractivity contribution in [2.45, 2.75) is 6.42 Å². The molecule has 1 saturated heterocycles. The summed E-state index contributed by atoms with van der Waals surface area (Å²) in [4.78, 5) is 67.2. The van der Waals surface area contributed by atoms with Gasteiger partial charge in [0.25, 0.3) is 17.7 Å². The third-order valence-corrected chi connectivity index (χ3v) is 9.23. The summed E-state index contributed by atoms with van der Waals surface area (Å²) in [6.07, 6.45) is 6.40. The number of amides is 3. The number of carbonyl (C=O) groups excluding carboxylic acids is 5. The van der Waals surface area contributed by atoms with Gasteiger partial charge in [0.1, 0.15) is 12.3 Å². The second kappa shape index (κ2) is 9.96. The highest BCUT2D eigenvalue weighted by Crippen LogP contribution is 2.65. The lowest BCUT2D eigenvalue weighted by Gasteiger charge is -2.37. The number of esters is 1. The lowest BCUT2D eigenvalue weighted by molar-refractivity contribution is -0.154. The van der Waals surface area contributed by atoms with Gasteiger partial charge in [-0.2, -0.15) is 5.01 Å². The Bertz CT molecular complexity index is 1650. The van der Waals surface area contributed by atoms with E-state index < -0.39 is 47.9 Å². The molecule has 2 saturated carbocycles. The predicted octanol–water partition coefficient (Wildman–Crippen LogP) is 5.10. The quantitative estimate of drug-likeness (QED) is 0.121. The van der Waals surface area contributed by atoms with Crippen molar-refractivity contribution in [1.82, 2.24) is 10.0 Å². The number of rotatable bonds is 7. The smallest absolute Gasteiger partial charge is 0.379 e. The molecule has 0 radical (unpaired) electrons. The van der Waals surface area contributed by atoms with Gasteiger partial charge in [-0.15, -0.1) is 0 Å². The van der Waals surface area contributed by atoms with Crippen molar-refractivity contribution >= 4 is 52.7 Å². The van der Waals surface area contributed by atoms with E-state index in [0.29, 0.717) is 16.9 Å². The zero-order chi connectivity index (χ0) is 29.3. The summed E-state index contributed by atoms with van der Waals surface area (Å²) in [5.41, 5.74) is 0.167. The van der Waals surface area contributed by atoms with Gasteiger partial charge in [-0.25, -0.2) is 9.80 Å². The summed E-state index contributed by atoms with van der Waals surface area (Å²) in [7, 11) is 0. The molecular formula is C31H22Cl2N2O7. The number of hydrazine groups is 1. The predicted molar refractivity (Wildman–Crippen MR) is 148 cm³/mol. The molecule has 3 fully saturated rings. The van der Waals surface area contributed by atoms with Crippen molar-refractivity contribution in [2.75, 3.05) is 6.54 Å². The van der Waals surface area contributed by atoms with E-state index in [4.69, 9.17) is 32.4 Å². The number of ether oxygens (including phenoxy) is 1. The molecule has 2 aromatic carbocycles. The summed E-state index contributed by atoms with van der Waals surface area (Å²) < 4.78 is 10.3. The molecule has 2 bridgehead atoms. The highest BCUT2D eigenvalue weighted by molar-refractivity contribution is 6.36. The molecule has 1 aliphatic heterocycles. The highest BCUT2D eigenvalue weighted by Gasteiger charge is 2.68. The average Bonchev–Trinajstić information content (AvgIpc) is 3.54. The summed E-state index contributed by atoms with van der Waals surface area (Å²) in [6.45, 7) is -0.601. The molecule has 3 aromatic rings. The number of nitrogens with zero attached hydrogens (tertiary/aromatic N) is 2. The van der Waals surface area contributed by atoms with E-state index >= 15 is 0 Å². The summed E-state index contributed by atoms with van der Waals surface area (Å²) in [6, 6.07) is 13.0. The Morgan fingerprint density at radius 3 is 2.19 bits per heavy atom. The largest absolute Gasteiger partial charge is 0.457 e. The van der Waals surface area contributed by atoms with Crippen LogP contribution in [0.2, 0.25) is 10.0 Å². The second-order valence-corrected chi connectivity index (χ2v) is 11.8. The van der Waals surface area contributed by atoms with Crippen LogP contribution in [0.1, 0.15) is 37.7 Å². The molecule has 42 heavy (non-hydrogen) atoms. The van der Waals surface area contributed by atoms with Crippen molar-refractivity contribution in [3.8, 4) is 5.75 Å². The Morgan fingerprint density at radius 2 is 1.60 bits per heavy atom. The molecule has 0 N–H and O–H groups in total. The molecule has 5 aliphatic rings. The second-order valence-electron chi connectivity index (χ2n) is 10.9. The molecule has 8 rings (SSSR count). The topological polar surface area (TPSA) is 114 Å². The van der Waals surface area contributed by atoms with Crippen molar-refractivity contribution in [1.29, 1.82) is 0 Å². The van der Waals surface area contributed by atoms with Gasteiger partial charge in [-0.05, 0) is 84.7 Å². The third kappa shape index (κ3) is 4.26. The summed E-state index contributed by atoms with van der Waals surface area (Å²) >= 11 is 12.4. The highest BCUT2D eigenvalue weighted by atomic mass is 35.5. The fourth-order valence-electron chi connectivity index (χ4n) is 6.70. The maximum absolute atomic E-state index is 13.9. The van der Waals surface area contributed by atoms with Gasteiger partial charge in [0.2, 0.25) is 5.76 Å². The fraction of sp³-hybridized carbons (Fsp3) is 0.258. The van der Waals surface area contributed by atoms with Crippen LogP contribution >= 0.6 is 23.2 Å². The standard InChI is InChI=1S/C31H22Cl2N2O7/c32-16-5-8-20(23(33)12-16)28(37)34(35-29(38)26-18-9-10-19(22-13-21(18)22)27(26)30(35)39)14-24(36)15-3-6-17(7-4-15)42-31(40)25-2-1-11-41-25/h1-12,18-19,21-22,26-27H,13-14H2/t18-,19-,21-,22+,26+,27+/m0/s1. The normalized spacial score (nSPS) is 26.6. The first kappa shape index (κ1) is 26.7. The fourth-order valence-corrected chi connectivity index (χ4v) is 7.19. The number of halogens is 2. The summed E-state index contributed by atoms with van der Waals surface area (Å²) in [5.74, 6) is -3.32. The van der Waals surface area contributed by atoms with Gasteiger partial charge in [-0.3, -0.25) is 19.2 Å². The number of furan rings is 1. The molecule has 9 nitrogen and oxygen atoms in total. The van der Waals surface area contributed by atoms with Crippen LogP contribution in [0.5, 0.6) is 5.75 Å². The molecule has 212 valence electrons. The lowest BCUT2D eigenvalue weighted by atomic mass is 9.63. The van der Waals surface area contributed by atoms with Crippen molar-refractivity contribution < 1.29 is 33.1 Å². The molecule has 2 heterocycles. The van der Waals surface area contributed by atoms with Gasteiger partial charge >= 0.3 is 5.97 Å². The molecule has 0 unspecified atom stereocenters. The van der Waals surface area contributed by atoms with Crippen LogP contribution in [0, 0.1) is 35.5 Å². The minimum Gasteiger partial charge on any atom is -0.457 e. The van der Waals surface area contributed by atoms with Crippen LogP contribution in [0.3, 0.4) is 0 Å². The number of imide groups is 1. The maximum Gasteiger partial charge on any atom is 0.379 e. The molecular weight excluding hydrogens is 583 g/mol. The number of allylic oxidation sites excluding steroid dienone is 2. The van der Waals surface area contributed by atoms with Gasteiger partial charge in [-0.1, -0.05) is 35.4 Å². The number of carbonyl (C=O) groups is 5. The number of Topliss-reactive ketones (excluding diaryl/α,β-unsaturated/α-hetero) is 1. The zero-order valence-corrected chi connectivity index (χ0v) is 23.3. The molecule has 3 amide bonds. The van der Waals surface area contributed by atoms with Gasteiger partial charge < -0.3 is 9.15 Å². The van der Waals surface area contributed by atoms with Crippen molar-refractivity contribution in [3.63, 3.8) is 0 Å². The SMILES string of the molecule is O=C(CN(C(=O)c1ccc(Cl)cc1Cl)N1C(=O)[C@@H]2[C@H]3C=C[C@@H]([C@@H]4C[C@H]34)[C@H]2C1=O)c1ccc(OC(=O)c2ccco2)cc1.